The van der Waals surface area contributed by atoms with E-state index in [0.717, 1.165) is 11.8 Å². The number of carbonyl (C=O) groups excluding carboxylic acids is 1. The number of hydrogen-bond donors (Lipinski definition) is 1. The van der Waals surface area contributed by atoms with Gasteiger partial charge in [-0.3, -0.25) is 4.79 Å². The highest BCUT2D eigenvalue weighted by molar-refractivity contribution is 5.64. The number of benzene rings is 2. The number of amides is 1. The van der Waals surface area contributed by atoms with Crippen molar-refractivity contribution < 1.29 is 4.79 Å². The van der Waals surface area contributed by atoms with Crippen LogP contribution < -0.4 is 5.32 Å². The second kappa shape index (κ2) is 19.8. The van der Waals surface area contributed by atoms with Crippen molar-refractivity contribution in [1.29, 1.82) is 0 Å². The van der Waals surface area contributed by atoms with Gasteiger partial charge in [0.05, 0.1) is 0 Å². The number of allylic oxidation sites excluding steroid dienone is 1. The summed E-state index contributed by atoms with van der Waals surface area (Å²) in [5.74, 6) is 1.79. The molecule has 1 fully saturated rings. The standard InChI is InChI=1S/C28H40.C4H8.C2H5NO/c1-3-5-6-7-8-10-24-13-17-26(18-14-24)28-21-19-27(20-22-28)25-15-11-23(9-4-2)12-16-25;1-4(2)3;1-3-2-4/h11-12,15-16,19-22,24,26H,3-10,13-14,17-18H2,1-2H3;1H2,2-3H3;2H,1H3,(H,3,4). The summed E-state index contributed by atoms with van der Waals surface area (Å²) in [6, 6.07) is 18.6. The molecule has 1 saturated carbocycles. The molecule has 36 heavy (non-hydrogen) atoms. The fraction of sp³-hybridized carbons (Fsp3) is 0.559. The van der Waals surface area contributed by atoms with E-state index in [1.807, 2.05) is 13.8 Å². The molecule has 0 atom stereocenters. The van der Waals surface area contributed by atoms with Crippen molar-refractivity contribution in [2.75, 3.05) is 7.05 Å². The zero-order chi connectivity index (χ0) is 26.6. The molecule has 0 unspecified atom stereocenters. The largest absolute Gasteiger partial charge is 0.362 e. The molecule has 2 heteroatoms. The van der Waals surface area contributed by atoms with Crippen molar-refractivity contribution in [2.24, 2.45) is 5.92 Å². The van der Waals surface area contributed by atoms with Crippen LogP contribution >= 0.6 is 0 Å². The first-order valence-corrected chi connectivity index (χ1v) is 14.4. The minimum Gasteiger partial charge on any atom is -0.362 e. The highest BCUT2D eigenvalue weighted by atomic mass is 16.1. The fourth-order valence-electron chi connectivity index (χ4n) is 4.92. The van der Waals surface area contributed by atoms with Gasteiger partial charge < -0.3 is 5.32 Å². The van der Waals surface area contributed by atoms with Crippen LogP contribution in [0.4, 0.5) is 0 Å². The van der Waals surface area contributed by atoms with Gasteiger partial charge in [0.25, 0.3) is 0 Å². The van der Waals surface area contributed by atoms with Crippen LogP contribution in [0.25, 0.3) is 11.1 Å². The lowest BCUT2D eigenvalue weighted by Gasteiger charge is -2.29. The van der Waals surface area contributed by atoms with Crippen molar-refractivity contribution in [2.45, 2.75) is 111 Å². The van der Waals surface area contributed by atoms with E-state index in [2.05, 4.69) is 74.3 Å². The monoisotopic (exact) mass is 491 g/mol. The Kier molecular flexibility index (Phi) is 17.4. The zero-order valence-corrected chi connectivity index (χ0v) is 24.0. The number of nitrogens with one attached hydrogen (secondary N) is 1. The van der Waals surface area contributed by atoms with Crippen molar-refractivity contribution in [3.8, 4) is 11.1 Å². The molecule has 1 aliphatic rings. The van der Waals surface area contributed by atoms with Crippen LogP contribution in [-0.2, 0) is 11.2 Å². The predicted molar refractivity (Wildman–Crippen MR) is 160 cm³/mol. The number of aryl methyl sites for hydroxylation is 1. The molecule has 0 saturated heterocycles. The number of carbonyl (C=O) groups is 1. The second-order valence-corrected chi connectivity index (χ2v) is 10.6. The smallest absolute Gasteiger partial charge is 0.206 e. The van der Waals surface area contributed by atoms with Crippen LogP contribution in [0.5, 0.6) is 0 Å². The van der Waals surface area contributed by atoms with E-state index < -0.39 is 0 Å². The average molecular weight is 492 g/mol. The molecule has 2 aromatic rings. The zero-order valence-electron chi connectivity index (χ0n) is 24.0. The number of rotatable bonds is 11. The van der Waals surface area contributed by atoms with Crippen LogP contribution in [0.3, 0.4) is 0 Å². The highest BCUT2D eigenvalue weighted by Crippen LogP contribution is 2.38. The molecule has 0 spiro atoms. The summed E-state index contributed by atoms with van der Waals surface area (Å²) in [5.41, 5.74) is 6.88. The molecule has 1 amide bonds. The number of hydrogen-bond acceptors (Lipinski definition) is 1. The van der Waals surface area contributed by atoms with Gasteiger partial charge in [0.15, 0.2) is 0 Å². The predicted octanol–water partition coefficient (Wildman–Crippen LogP) is 9.88. The maximum Gasteiger partial charge on any atom is 0.206 e. The van der Waals surface area contributed by atoms with Gasteiger partial charge in [-0.15, -0.1) is 6.58 Å². The Morgan fingerprint density at radius 1 is 0.833 bits per heavy atom. The van der Waals surface area contributed by atoms with Crippen molar-refractivity contribution in [3.05, 3.63) is 71.8 Å². The van der Waals surface area contributed by atoms with Gasteiger partial charge in [0, 0.05) is 7.05 Å². The van der Waals surface area contributed by atoms with Crippen LogP contribution in [0.15, 0.2) is 60.7 Å². The molecule has 1 aliphatic carbocycles. The summed E-state index contributed by atoms with van der Waals surface area (Å²) < 4.78 is 0. The van der Waals surface area contributed by atoms with Crippen LogP contribution in [0.1, 0.15) is 115 Å². The van der Waals surface area contributed by atoms with Gasteiger partial charge in [-0.2, -0.15) is 0 Å². The van der Waals surface area contributed by atoms with E-state index in [0.29, 0.717) is 6.41 Å². The molecular formula is C34H53NO. The molecule has 0 heterocycles. The van der Waals surface area contributed by atoms with E-state index >= 15 is 0 Å². The molecule has 1 N–H and O–H groups in total. The lowest BCUT2D eigenvalue weighted by molar-refractivity contribution is -0.109. The SMILES string of the molecule is C=C(C)C.CCCCCCCC1CCC(c2ccc(-c3ccc(CCC)cc3)cc2)CC1.CNC=O. The molecule has 2 nitrogen and oxygen atoms in total. The summed E-state index contributed by atoms with van der Waals surface area (Å²) in [6.45, 7) is 12.0. The molecule has 0 bridgehead atoms. The van der Waals surface area contributed by atoms with Crippen LogP contribution in [-0.4, -0.2) is 13.5 Å². The second-order valence-electron chi connectivity index (χ2n) is 10.6. The third-order valence-electron chi connectivity index (χ3n) is 6.89. The van der Waals surface area contributed by atoms with Gasteiger partial charge in [0.2, 0.25) is 6.41 Å². The molecule has 200 valence electrons. The Labute approximate surface area is 223 Å². The molecule has 2 aromatic carbocycles. The van der Waals surface area contributed by atoms with Crippen molar-refractivity contribution >= 4 is 6.41 Å². The summed E-state index contributed by atoms with van der Waals surface area (Å²) >= 11 is 0. The Bertz CT molecular complexity index is 809. The van der Waals surface area contributed by atoms with Gasteiger partial charge in [-0.05, 0) is 80.0 Å². The quantitative estimate of drug-likeness (QED) is 0.189. The van der Waals surface area contributed by atoms with Crippen molar-refractivity contribution in [1.82, 2.24) is 5.32 Å². The first kappa shape index (κ1) is 31.7. The van der Waals surface area contributed by atoms with Crippen molar-refractivity contribution in [3.63, 3.8) is 0 Å². The normalized spacial score (nSPS) is 16.6. The van der Waals surface area contributed by atoms with E-state index in [1.54, 1.807) is 12.6 Å². The Morgan fingerprint density at radius 3 is 1.81 bits per heavy atom. The third-order valence-corrected chi connectivity index (χ3v) is 6.89. The Balaban J connectivity index is 0.000000709. The molecule has 0 aromatic heterocycles. The lowest BCUT2D eigenvalue weighted by Crippen LogP contribution is -2.13. The first-order valence-electron chi connectivity index (χ1n) is 14.4. The Hall–Kier alpha value is -2.35. The Morgan fingerprint density at radius 2 is 1.33 bits per heavy atom. The molecule has 0 aliphatic heterocycles. The first-order chi connectivity index (χ1) is 17.4. The summed E-state index contributed by atoms with van der Waals surface area (Å²) in [6.07, 6.45) is 17.3. The fourth-order valence-corrected chi connectivity index (χ4v) is 4.92. The third kappa shape index (κ3) is 13.7. The molecule has 3 rings (SSSR count). The minimum absolute atomic E-state index is 0.625. The maximum atomic E-state index is 9.06. The van der Waals surface area contributed by atoms with Crippen LogP contribution in [0, 0.1) is 5.92 Å². The van der Waals surface area contributed by atoms with Crippen LogP contribution in [0.2, 0.25) is 0 Å². The van der Waals surface area contributed by atoms with E-state index in [4.69, 9.17) is 4.79 Å². The van der Waals surface area contributed by atoms with E-state index in [9.17, 15) is 0 Å². The highest BCUT2D eigenvalue weighted by Gasteiger charge is 2.22. The summed E-state index contributed by atoms with van der Waals surface area (Å²) in [7, 11) is 1.56. The van der Waals surface area contributed by atoms with Gasteiger partial charge in [0.1, 0.15) is 0 Å². The van der Waals surface area contributed by atoms with E-state index in [-0.39, 0.29) is 0 Å². The molecule has 0 radical (unpaired) electrons. The average Bonchev–Trinajstić information content (AvgIpc) is 2.90. The van der Waals surface area contributed by atoms with Gasteiger partial charge >= 0.3 is 0 Å². The topological polar surface area (TPSA) is 29.1 Å². The van der Waals surface area contributed by atoms with Gasteiger partial charge in [-0.1, -0.05) is 113 Å². The lowest BCUT2D eigenvalue weighted by atomic mass is 9.77. The van der Waals surface area contributed by atoms with Gasteiger partial charge in [-0.25, -0.2) is 0 Å². The summed E-state index contributed by atoms with van der Waals surface area (Å²) in [5, 5.41) is 2.25. The maximum absolute atomic E-state index is 9.06. The number of unbranched alkanes of at least 4 members (excludes halogenated alkanes) is 4. The summed E-state index contributed by atoms with van der Waals surface area (Å²) in [4.78, 5) is 9.06. The minimum atomic E-state index is 0.625. The molecular weight excluding hydrogens is 438 g/mol. The van der Waals surface area contributed by atoms with E-state index in [1.165, 1.54) is 99.3 Å².